The molecular weight excluding hydrogens is 422 g/mol. The topological polar surface area (TPSA) is 101 Å². The molecule has 6 nitrogen and oxygen atoms in total. The molecule has 0 aromatic rings. The molecule has 0 aliphatic heterocycles. The monoisotopic (exact) mass is 440 g/mol. The van der Waals surface area contributed by atoms with E-state index in [1.807, 2.05) is 0 Å². The fraction of sp³-hybridized carbons (Fsp3) is 0.933. The Morgan fingerprint density at radius 1 is 1.00 bits per heavy atom. The maximum absolute atomic E-state index is 13.4. The summed E-state index contributed by atoms with van der Waals surface area (Å²) in [4.78, 5) is 12.6. The van der Waals surface area contributed by atoms with E-state index in [4.69, 9.17) is 4.55 Å². The second-order valence-electron chi connectivity index (χ2n) is 8.18. The number of ether oxygens (including phenoxy) is 1. The van der Waals surface area contributed by atoms with Crippen LogP contribution in [-0.2, 0) is 19.6 Å². The first kappa shape index (κ1) is 21.6. The van der Waals surface area contributed by atoms with Crippen LogP contribution < -0.4 is 0 Å². The number of carbonyl (C=O) groups excluding carboxylic acids is 1. The Balaban J connectivity index is 1.98. The molecule has 162 valence electrons. The molecule has 2 atom stereocenters. The molecule has 2 unspecified atom stereocenters. The summed E-state index contributed by atoms with van der Waals surface area (Å²) in [5.74, 6) is -5.69. The Kier molecular flexibility index (Phi) is 4.79. The van der Waals surface area contributed by atoms with Crippen LogP contribution in [0.2, 0.25) is 0 Å². The van der Waals surface area contributed by atoms with Crippen molar-refractivity contribution in [2.45, 2.75) is 56.2 Å². The number of aliphatic hydroxyl groups excluding tert-OH is 1. The quantitative estimate of drug-likeness (QED) is 0.396. The number of hydrogen-bond acceptors (Lipinski definition) is 5. The van der Waals surface area contributed by atoms with Crippen molar-refractivity contribution in [2.75, 3.05) is 5.75 Å². The summed E-state index contributed by atoms with van der Waals surface area (Å²) in [6, 6.07) is 0. The minimum absolute atomic E-state index is 0.0171. The summed E-state index contributed by atoms with van der Waals surface area (Å²) in [5, 5.41) is 10.1. The third kappa shape index (κ3) is 3.38. The summed E-state index contributed by atoms with van der Waals surface area (Å²) >= 11 is 0. The minimum atomic E-state index is -6.33. The first-order valence-corrected chi connectivity index (χ1v) is 10.1. The number of alkyl halides is 6. The molecule has 0 saturated heterocycles. The van der Waals surface area contributed by atoms with Crippen LogP contribution in [0.25, 0.3) is 0 Å². The van der Waals surface area contributed by atoms with Crippen molar-refractivity contribution in [3.05, 3.63) is 0 Å². The van der Waals surface area contributed by atoms with E-state index in [0.717, 1.165) is 0 Å². The van der Waals surface area contributed by atoms with Gasteiger partial charge in [0.1, 0.15) is 5.75 Å². The van der Waals surface area contributed by atoms with Gasteiger partial charge < -0.3 is 9.84 Å². The van der Waals surface area contributed by atoms with Crippen molar-refractivity contribution < 1.29 is 54.0 Å². The largest absolute Gasteiger partial charge is 0.438 e. The highest BCUT2D eigenvalue weighted by Gasteiger charge is 2.77. The molecule has 4 fully saturated rings. The van der Waals surface area contributed by atoms with Crippen LogP contribution in [0, 0.1) is 23.2 Å². The SMILES string of the molecule is O=C(OC(CS(=O)(=O)O)(C(F)(F)F)C(F)(F)F)C12CC3CC(C1)C(O)C(C3)C2. The Bertz CT molecular complexity index is 730. The average Bonchev–Trinajstić information content (AvgIpc) is 2.47. The van der Waals surface area contributed by atoms with E-state index >= 15 is 0 Å². The van der Waals surface area contributed by atoms with Gasteiger partial charge in [-0.1, -0.05) is 0 Å². The maximum Gasteiger partial charge on any atom is 0.438 e. The van der Waals surface area contributed by atoms with Gasteiger partial charge >= 0.3 is 23.9 Å². The van der Waals surface area contributed by atoms with Crippen molar-refractivity contribution in [1.82, 2.24) is 0 Å². The number of halogens is 6. The zero-order chi connectivity index (χ0) is 21.3. The molecule has 4 saturated carbocycles. The van der Waals surface area contributed by atoms with Gasteiger partial charge in [-0.25, -0.2) is 0 Å². The Morgan fingerprint density at radius 3 is 1.86 bits per heavy atom. The van der Waals surface area contributed by atoms with Crippen LogP contribution in [0.5, 0.6) is 0 Å². The maximum atomic E-state index is 13.4. The van der Waals surface area contributed by atoms with E-state index in [9.17, 15) is 44.7 Å². The van der Waals surface area contributed by atoms with E-state index in [-0.39, 0.29) is 25.2 Å². The van der Waals surface area contributed by atoms with Gasteiger partial charge in [-0.05, 0) is 49.9 Å². The van der Waals surface area contributed by atoms with E-state index in [0.29, 0.717) is 12.8 Å². The van der Waals surface area contributed by atoms with E-state index < -0.39 is 63.1 Å². The highest BCUT2D eigenvalue weighted by Crippen LogP contribution is 2.61. The number of carbonyl (C=O) groups is 1. The van der Waals surface area contributed by atoms with Crippen molar-refractivity contribution in [3.8, 4) is 0 Å². The minimum Gasteiger partial charge on any atom is -0.438 e. The summed E-state index contributed by atoms with van der Waals surface area (Å²) < 4.78 is 115. The molecule has 0 aromatic carbocycles. The molecule has 4 aliphatic rings. The highest BCUT2D eigenvalue weighted by molar-refractivity contribution is 7.85. The molecule has 4 bridgehead atoms. The van der Waals surface area contributed by atoms with Crippen LogP contribution in [0.4, 0.5) is 26.3 Å². The van der Waals surface area contributed by atoms with Crippen LogP contribution in [0.15, 0.2) is 0 Å². The molecule has 4 rings (SSSR count). The van der Waals surface area contributed by atoms with Gasteiger partial charge in [-0.3, -0.25) is 9.35 Å². The summed E-state index contributed by atoms with van der Waals surface area (Å²) in [6.07, 6.45) is -12.7. The van der Waals surface area contributed by atoms with Gasteiger partial charge in [0.05, 0.1) is 11.5 Å². The van der Waals surface area contributed by atoms with E-state index in [2.05, 4.69) is 4.74 Å². The van der Waals surface area contributed by atoms with Crippen molar-refractivity contribution >= 4 is 16.1 Å². The van der Waals surface area contributed by atoms with Gasteiger partial charge in [-0.2, -0.15) is 34.8 Å². The predicted octanol–water partition coefficient (Wildman–Crippen LogP) is 2.47. The normalized spacial score (nSPS) is 35.9. The summed E-state index contributed by atoms with van der Waals surface area (Å²) in [7, 11) is -5.82. The smallest absolute Gasteiger partial charge is 0.438 e. The zero-order valence-corrected chi connectivity index (χ0v) is 15.1. The first-order valence-electron chi connectivity index (χ1n) is 8.50. The third-order valence-corrected chi connectivity index (χ3v) is 7.00. The van der Waals surface area contributed by atoms with Gasteiger partial charge in [0, 0.05) is 0 Å². The molecule has 0 heterocycles. The Hall–Kier alpha value is -1.08. The molecule has 2 N–H and O–H groups in total. The Morgan fingerprint density at radius 2 is 1.46 bits per heavy atom. The lowest BCUT2D eigenvalue weighted by molar-refractivity contribution is -0.364. The number of aliphatic hydroxyl groups is 1. The molecule has 28 heavy (non-hydrogen) atoms. The first-order chi connectivity index (χ1) is 12.5. The average molecular weight is 440 g/mol. The lowest BCUT2D eigenvalue weighted by Gasteiger charge is -2.57. The molecule has 0 radical (unpaired) electrons. The molecular formula is C15H18F6O6S. The standard InChI is InChI=1S/C15H18F6O6S/c16-14(17,18)13(15(19,20)21,6-28(24,25)26)27-11(23)12-3-7-1-8(4-12)10(22)9(2-7)5-12/h7-10,22H,1-6H2,(H,24,25,26). The van der Waals surface area contributed by atoms with Crippen LogP contribution in [0.1, 0.15) is 32.1 Å². The number of esters is 1. The van der Waals surface area contributed by atoms with Crippen LogP contribution in [0.3, 0.4) is 0 Å². The lowest BCUT2D eigenvalue weighted by Crippen LogP contribution is -2.65. The summed E-state index contributed by atoms with van der Waals surface area (Å²) in [5.41, 5.74) is -7.02. The number of hydrogen-bond donors (Lipinski definition) is 2. The van der Waals surface area contributed by atoms with Gasteiger partial charge in [0.25, 0.3) is 10.1 Å². The molecule has 0 amide bonds. The van der Waals surface area contributed by atoms with Crippen molar-refractivity contribution in [3.63, 3.8) is 0 Å². The van der Waals surface area contributed by atoms with Crippen molar-refractivity contribution in [1.29, 1.82) is 0 Å². The number of rotatable bonds is 4. The highest BCUT2D eigenvalue weighted by atomic mass is 32.2. The second kappa shape index (κ2) is 6.21. The molecule has 4 aliphatic carbocycles. The second-order valence-corrected chi connectivity index (χ2v) is 9.63. The van der Waals surface area contributed by atoms with Gasteiger partial charge in [0.15, 0.2) is 0 Å². The zero-order valence-electron chi connectivity index (χ0n) is 14.3. The lowest BCUT2D eigenvalue weighted by atomic mass is 9.48. The van der Waals surface area contributed by atoms with Gasteiger partial charge in [-0.15, -0.1) is 0 Å². The molecule has 0 aromatic heterocycles. The van der Waals surface area contributed by atoms with Crippen LogP contribution in [-0.4, -0.2) is 53.9 Å². The predicted molar refractivity (Wildman–Crippen MR) is 79.3 cm³/mol. The molecule has 0 spiro atoms. The summed E-state index contributed by atoms with van der Waals surface area (Å²) in [6.45, 7) is 0. The van der Waals surface area contributed by atoms with Crippen molar-refractivity contribution in [2.24, 2.45) is 23.2 Å². The molecule has 13 heteroatoms. The van der Waals surface area contributed by atoms with Crippen LogP contribution >= 0.6 is 0 Å². The fourth-order valence-corrected chi connectivity index (χ4v) is 6.14. The van der Waals surface area contributed by atoms with E-state index in [1.165, 1.54) is 0 Å². The van der Waals surface area contributed by atoms with Gasteiger partial charge in [0.2, 0.25) is 0 Å². The Labute approximate surface area is 156 Å². The fourth-order valence-electron chi connectivity index (χ4n) is 5.24. The van der Waals surface area contributed by atoms with E-state index in [1.54, 1.807) is 0 Å². The third-order valence-electron chi connectivity index (χ3n) is 6.22.